The van der Waals surface area contributed by atoms with Crippen LogP contribution in [-0.2, 0) is 17.8 Å². The average Bonchev–Trinajstić information content (AvgIpc) is 3.35. The normalized spacial score (nSPS) is 20.6. The Morgan fingerprint density at radius 3 is 2.17 bits per heavy atom. The van der Waals surface area contributed by atoms with E-state index in [1.807, 2.05) is 38.7 Å². The molecule has 1 atom stereocenters. The van der Waals surface area contributed by atoms with E-state index in [0.717, 1.165) is 30.8 Å². The van der Waals surface area contributed by atoms with E-state index in [-0.39, 0.29) is 12.0 Å². The Balaban J connectivity index is 0.000000448. The minimum atomic E-state index is 0.279. The molecule has 2 heterocycles. The van der Waals surface area contributed by atoms with Crippen molar-refractivity contribution in [1.82, 2.24) is 4.90 Å². The standard InChI is InChI=1S/C15H17NO3.2C2H6/c1-9-4-11-5-13-14(19-8-18-13)6-12(11)7-16(9)15(17)10-2-3-10;2*1-2/h5-6,9-10H,2-4,7-8H2,1H3;2*1-2H3. The van der Waals surface area contributed by atoms with E-state index < -0.39 is 0 Å². The molecule has 0 radical (unpaired) electrons. The predicted octanol–water partition coefficient (Wildman–Crippen LogP) is 4.15. The molecule has 0 aromatic heterocycles. The van der Waals surface area contributed by atoms with Gasteiger partial charge in [0.05, 0.1) is 0 Å². The topological polar surface area (TPSA) is 38.8 Å². The Hall–Kier alpha value is -1.71. The second-order valence-electron chi connectivity index (χ2n) is 5.77. The molecule has 1 amide bonds. The fourth-order valence-electron chi connectivity index (χ4n) is 2.99. The van der Waals surface area contributed by atoms with E-state index >= 15 is 0 Å². The molecule has 128 valence electrons. The van der Waals surface area contributed by atoms with Gasteiger partial charge in [0.25, 0.3) is 0 Å². The van der Waals surface area contributed by atoms with Crippen molar-refractivity contribution in [2.24, 2.45) is 5.92 Å². The first kappa shape index (κ1) is 17.6. The molecule has 4 nitrogen and oxygen atoms in total. The van der Waals surface area contributed by atoms with Crippen LogP contribution in [-0.4, -0.2) is 23.6 Å². The summed E-state index contributed by atoms with van der Waals surface area (Å²) < 4.78 is 10.8. The molecule has 1 unspecified atom stereocenters. The van der Waals surface area contributed by atoms with Gasteiger partial charge < -0.3 is 14.4 Å². The summed E-state index contributed by atoms with van der Waals surface area (Å²) in [4.78, 5) is 14.3. The van der Waals surface area contributed by atoms with Crippen LogP contribution in [0.1, 0.15) is 58.6 Å². The van der Waals surface area contributed by atoms with Crippen molar-refractivity contribution in [3.63, 3.8) is 0 Å². The number of amides is 1. The van der Waals surface area contributed by atoms with Gasteiger partial charge in [-0.3, -0.25) is 4.79 Å². The molecule has 1 aliphatic carbocycles. The molecule has 1 aromatic carbocycles. The first-order valence-electron chi connectivity index (χ1n) is 8.94. The second-order valence-corrected chi connectivity index (χ2v) is 5.77. The Morgan fingerprint density at radius 2 is 1.61 bits per heavy atom. The van der Waals surface area contributed by atoms with Crippen LogP contribution in [0.3, 0.4) is 0 Å². The lowest BCUT2D eigenvalue weighted by molar-refractivity contribution is -0.135. The van der Waals surface area contributed by atoms with E-state index in [2.05, 4.69) is 13.0 Å². The van der Waals surface area contributed by atoms with Crippen molar-refractivity contribution in [1.29, 1.82) is 0 Å². The molecular formula is C19H29NO3. The summed E-state index contributed by atoms with van der Waals surface area (Å²) >= 11 is 0. The van der Waals surface area contributed by atoms with Crippen LogP contribution in [0, 0.1) is 5.92 Å². The van der Waals surface area contributed by atoms with Crippen LogP contribution >= 0.6 is 0 Å². The van der Waals surface area contributed by atoms with Gasteiger partial charge in [0.1, 0.15) is 0 Å². The fourth-order valence-corrected chi connectivity index (χ4v) is 2.99. The van der Waals surface area contributed by atoms with Gasteiger partial charge in [-0.2, -0.15) is 0 Å². The van der Waals surface area contributed by atoms with Crippen molar-refractivity contribution in [3.05, 3.63) is 23.3 Å². The summed E-state index contributed by atoms with van der Waals surface area (Å²) in [6.07, 6.45) is 3.04. The van der Waals surface area contributed by atoms with Crippen LogP contribution < -0.4 is 9.47 Å². The number of hydrogen-bond donors (Lipinski definition) is 0. The van der Waals surface area contributed by atoms with E-state index in [1.54, 1.807) is 0 Å². The first-order valence-corrected chi connectivity index (χ1v) is 8.94. The Morgan fingerprint density at radius 1 is 1.04 bits per heavy atom. The van der Waals surface area contributed by atoms with Crippen LogP contribution in [0.15, 0.2) is 12.1 Å². The minimum absolute atomic E-state index is 0.279. The Labute approximate surface area is 139 Å². The van der Waals surface area contributed by atoms with Crippen LogP contribution in [0.25, 0.3) is 0 Å². The number of nitrogens with zero attached hydrogens (tertiary/aromatic N) is 1. The molecule has 0 spiro atoms. The third kappa shape index (κ3) is 3.62. The summed E-state index contributed by atoms with van der Waals surface area (Å²) in [5.74, 6) is 2.27. The van der Waals surface area contributed by atoms with Crippen LogP contribution in [0.2, 0.25) is 0 Å². The maximum Gasteiger partial charge on any atom is 0.231 e. The largest absolute Gasteiger partial charge is 0.454 e. The summed E-state index contributed by atoms with van der Waals surface area (Å²) in [6, 6.07) is 4.39. The summed E-state index contributed by atoms with van der Waals surface area (Å²) in [5.41, 5.74) is 2.49. The first-order chi connectivity index (χ1) is 11.2. The molecule has 0 N–H and O–H groups in total. The lowest BCUT2D eigenvalue weighted by atomic mass is 9.94. The maximum absolute atomic E-state index is 12.3. The maximum atomic E-state index is 12.3. The van der Waals surface area contributed by atoms with Gasteiger partial charge in [0.15, 0.2) is 11.5 Å². The molecule has 23 heavy (non-hydrogen) atoms. The van der Waals surface area contributed by atoms with Gasteiger partial charge in [0, 0.05) is 18.5 Å². The van der Waals surface area contributed by atoms with Crippen LogP contribution in [0.5, 0.6) is 11.5 Å². The number of carbonyl (C=O) groups is 1. The van der Waals surface area contributed by atoms with Crippen molar-refractivity contribution < 1.29 is 14.3 Å². The fraction of sp³-hybridized carbons (Fsp3) is 0.632. The quantitative estimate of drug-likeness (QED) is 0.780. The van der Waals surface area contributed by atoms with Crippen molar-refractivity contribution >= 4 is 5.91 Å². The summed E-state index contributed by atoms with van der Waals surface area (Å²) in [7, 11) is 0. The lowest BCUT2D eigenvalue weighted by Crippen LogP contribution is -2.43. The smallest absolute Gasteiger partial charge is 0.231 e. The highest BCUT2D eigenvalue weighted by Crippen LogP contribution is 2.39. The highest BCUT2D eigenvalue weighted by Gasteiger charge is 2.37. The van der Waals surface area contributed by atoms with Crippen LogP contribution in [0.4, 0.5) is 0 Å². The molecule has 3 aliphatic rings. The molecular weight excluding hydrogens is 290 g/mol. The van der Waals surface area contributed by atoms with Gasteiger partial charge in [-0.25, -0.2) is 0 Å². The van der Waals surface area contributed by atoms with Gasteiger partial charge in [-0.15, -0.1) is 0 Å². The third-order valence-corrected chi connectivity index (χ3v) is 4.29. The van der Waals surface area contributed by atoms with E-state index in [1.165, 1.54) is 11.1 Å². The van der Waals surface area contributed by atoms with E-state index in [4.69, 9.17) is 9.47 Å². The molecule has 1 aromatic rings. The van der Waals surface area contributed by atoms with Gasteiger partial charge >= 0.3 is 0 Å². The number of benzene rings is 1. The van der Waals surface area contributed by atoms with Crippen molar-refractivity contribution in [2.45, 2.75) is 66.5 Å². The SMILES string of the molecule is CC.CC.CC1Cc2cc3c(cc2CN1C(=O)C1CC1)OCO3. The zero-order chi connectivity index (χ0) is 17.0. The molecule has 0 saturated heterocycles. The summed E-state index contributed by atoms with van der Waals surface area (Å²) in [5, 5.41) is 0. The van der Waals surface area contributed by atoms with Gasteiger partial charge in [-0.05, 0) is 49.4 Å². The van der Waals surface area contributed by atoms with E-state index in [9.17, 15) is 4.79 Å². The highest BCUT2D eigenvalue weighted by atomic mass is 16.7. The molecule has 4 heteroatoms. The lowest BCUT2D eigenvalue weighted by Gasteiger charge is -2.35. The summed E-state index contributed by atoms with van der Waals surface area (Å²) in [6.45, 7) is 11.1. The number of hydrogen-bond acceptors (Lipinski definition) is 3. The molecule has 0 bridgehead atoms. The number of carbonyl (C=O) groups excluding carboxylic acids is 1. The number of ether oxygens (including phenoxy) is 2. The zero-order valence-electron chi connectivity index (χ0n) is 15.0. The second kappa shape index (κ2) is 7.71. The van der Waals surface area contributed by atoms with Crippen molar-refractivity contribution in [2.75, 3.05) is 6.79 Å². The minimum Gasteiger partial charge on any atom is -0.454 e. The monoisotopic (exact) mass is 319 g/mol. The Kier molecular flexibility index (Phi) is 5.91. The average molecular weight is 319 g/mol. The third-order valence-electron chi connectivity index (χ3n) is 4.29. The number of rotatable bonds is 1. The Bertz CT molecular complexity index is 552. The number of fused-ring (bicyclic) bond motifs is 2. The predicted molar refractivity (Wildman–Crippen MR) is 91.7 cm³/mol. The van der Waals surface area contributed by atoms with Gasteiger partial charge in [-0.1, -0.05) is 27.7 Å². The molecule has 4 rings (SSSR count). The van der Waals surface area contributed by atoms with Gasteiger partial charge in [0.2, 0.25) is 12.7 Å². The molecule has 1 fully saturated rings. The van der Waals surface area contributed by atoms with Crippen molar-refractivity contribution in [3.8, 4) is 11.5 Å². The zero-order valence-corrected chi connectivity index (χ0v) is 15.0. The molecule has 1 saturated carbocycles. The molecule has 2 aliphatic heterocycles. The highest BCUT2D eigenvalue weighted by molar-refractivity contribution is 5.81. The van der Waals surface area contributed by atoms with E-state index in [0.29, 0.717) is 19.2 Å².